The van der Waals surface area contributed by atoms with Crippen molar-refractivity contribution in [2.45, 2.75) is 43.3 Å². The molecule has 2 aliphatic rings. The Morgan fingerprint density at radius 2 is 1.96 bits per heavy atom. The number of hydrogen-bond acceptors (Lipinski definition) is 4. The number of pyridine rings is 1. The standard InChI is InChI=1S/C18H23N3O3S2/c22-18-8-7-15(26(23,24)21-10-1-2-11-21)13-20(18)14-19-9-3-5-16(19)17-6-4-12-25-17/h4,6-8,12-13,16H,1-3,5,9-11,14H2/p+1/t16-/m1/s1. The second kappa shape index (κ2) is 7.26. The van der Waals surface area contributed by atoms with E-state index in [1.54, 1.807) is 15.9 Å². The van der Waals surface area contributed by atoms with Crippen LogP contribution in [0.25, 0.3) is 0 Å². The van der Waals surface area contributed by atoms with Crippen LogP contribution in [0.5, 0.6) is 0 Å². The van der Waals surface area contributed by atoms with Gasteiger partial charge in [0.15, 0.2) is 6.67 Å². The minimum Gasteiger partial charge on any atom is -0.311 e. The van der Waals surface area contributed by atoms with Crippen molar-refractivity contribution in [2.75, 3.05) is 19.6 Å². The molecule has 6 nitrogen and oxygen atoms in total. The number of quaternary nitrogens is 1. The Balaban J connectivity index is 1.60. The first-order chi connectivity index (χ1) is 12.6. The van der Waals surface area contributed by atoms with Gasteiger partial charge in [-0.05, 0) is 30.4 Å². The molecule has 4 heterocycles. The van der Waals surface area contributed by atoms with Crippen molar-refractivity contribution in [3.05, 3.63) is 51.1 Å². The van der Waals surface area contributed by atoms with Crippen molar-refractivity contribution < 1.29 is 13.3 Å². The third kappa shape index (κ3) is 3.38. The predicted molar refractivity (Wildman–Crippen MR) is 101 cm³/mol. The molecule has 0 saturated carbocycles. The lowest BCUT2D eigenvalue weighted by atomic mass is 10.2. The van der Waals surface area contributed by atoms with Gasteiger partial charge in [0.1, 0.15) is 6.04 Å². The largest absolute Gasteiger partial charge is 0.311 e. The number of nitrogens with one attached hydrogen (secondary N) is 1. The fourth-order valence-electron chi connectivity index (χ4n) is 4.02. The van der Waals surface area contributed by atoms with E-state index in [0.717, 1.165) is 32.2 Å². The summed E-state index contributed by atoms with van der Waals surface area (Å²) in [5, 5.41) is 2.08. The Labute approximate surface area is 157 Å². The molecule has 0 aliphatic carbocycles. The summed E-state index contributed by atoms with van der Waals surface area (Å²) in [6.07, 6.45) is 5.57. The van der Waals surface area contributed by atoms with Crippen LogP contribution >= 0.6 is 11.3 Å². The van der Waals surface area contributed by atoms with Crippen molar-refractivity contribution in [3.63, 3.8) is 0 Å². The molecule has 2 aromatic heterocycles. The van der Waals surface area contributed by atoms with E-state index < -0.39 is 10.0 Å². The number of aromatic nitrogens is 1. The molecular weight excluding hydrogens is 370 g/mol. The normalized spacial score (nSPS) is 24.3. The molecule has 0 radical (unpaired) electrons. The minimum atomic E-state index is -3.50. The monoisotopic (exact) mass is 394 g/mol. The average molecular weight is 395 g/mol. The molecule has 2 saturated heterocycles. The summed E-state index contributed by atoms with van der Waals surface area (Å²) in [6.45, 7) is 2.64. The molecule has 0 spiro atoms. The van der Waals surface area contributed by atoms with Crippen molar-refractivity contribution in [1.82, 2.24) is 8.87 Å². The number of likely N-dealkylation sites (tertiary alicyclic amines) is 1. The van der Waals surface area contributed by atoms with E-state index in [1.807, 2.05) is 0 Å². The SMILES string of the molecule is O=c1ccc(S(=O)(=O)N2CCCC2)cn1C[NH+]1CCC[C@@H]1c1cccs1. The van der Waals surface area contributed by atoms with Gasteiger partial charge in [-0.3, -0.25) is 9.36 Å². The summed E-state index contributed by atoms with van der Waals surface area (Å²) in [4.78, 5) is 15.2. The van der Waals surface area contributed by atoms with E-state index in [-0.39, 0.29) is 10.5 Å². The van der Waals surface area contributed by atoms with Crippen LogP contribution in [0.1, 0.15) is 36.6 Å². The third-order valence-electron chi connectivity index (χ3n) is 5.40. The van der Waals surface area contributed by atoms with Crippen molar-refractivity contribution in [1.29, 1.82) is 0 Å². The van der Waals surface area contributed by atoms with Gasteiger partial charge >= 0.3 is 0 Å². The first kappa shape index (κ1) is 17.9. The second-order valence-corrected chi connectivity index (χ2v) is 9.98. The maximum absolute atomic E-state index is 12.8. The molecule has 4 rings (SSSR count). The Bertz CT molecular complexity index is 915. The fraction of sp³-hybridized carbons (Fsp3) is 0.500. The van der Waals surface area contributed by atoms with Gasteiger partial charge in [0, 0.05) is 38.2 Å². The first-order valence-electron chi connectivity index (χ1n) is 9.14. The lowest BCUT2D eigenvalue weighted by Crippen LogP contribution is -3.09. The highest BCUT2D eigenvalue weighted by atomic mass is 32.2. The summed E-state index contributed by atoms with van der Waals surface area (Å²) in [5.41, 5.74) is -0.144. The summed E-state index contributed by atoms with van der Waals surface area (Å²) in [7, 11) is -3.50. The summed E-state index contributed by atoms with van der Waals surface area (Å²) in [6, 6.07) is 7.44. The van der Waals surface area contributed by atoms with E-state index in [2.05, 4.69) is 17.5 Å². The molecule has 0 bridgehead atoms. The molecular formula is C18H24N3O3S2+. The minimum absolute atomic E-state index is 0.144. The summed E-state index contributed by atoms with van der Waals surface area (Å²) >= 11 is 1.75. The van der Waals surface area contributed by atoms with E-state index in [4.69, 9.17) is 0 Å². The highest BCUT2D eigenvalue weighted by molar-refractivity contribution is 7.89. The first-order valence-corrected chi connectivity index (χ1v) is 11.5. The van der Waals surface area contributed by atoms with Crippen LogP contribution in [0.3, 0.4) is 0 Å². The highest BCUT2D eigenvalue weighted by Crippen LogP contribution is 2.23. The topological polar surface area (TPSA) is 63.8 Å². The number of thiophene rings is 1. The Kier molecular flexibility index (Phi) is 5.00. The van der Waals surface area contributed by atoms with Gasteiger partial charge in [-0.2, -0.15) is 4.31 Å². The fourth-order valence-corrected chi connectivity index (χ4v) is 6.47. The third-order valence-corrected chi connectivity index (χ3v) is 8.27. The number of rotatable bonds is 5. The Morgan fingerprint density at radius 3 is 2.69 bits per heavy atom. The van der Waals surface area contributed by atoms with Gasteiger partial charge in [0.05, 0.1) is 16.3 Å². The van der Waals surface area contributed by atoms with E-state index >= 15 is 0 Å². The van der Waals surface area contributed by atoms with Crippen molar-refractivity contribution in [3.8, 4) is 0 Å². The van der Waals surface area contributed by atoms with Crippen LogP contribution in [-0.4, -0.2) is 36.9 Å². The smallest absolute Gasteiger partial charge is 0.254 e. The van der Waals surface area contributed by atoms with E-state index in [1.165, 1.54) is 32.4 Å². The van der Waals surface area contributed by atoms with Gasteiger partial charge in [-0.1, -0.05) is 6.07 Å². The molecule has 2 aliphatic heterocycles. The van der Waals surface area contributed by atoms with Gasteiger partial charge in [0.25, 0.3) is 5.56 Å². The van der Waals surface area contributed by atoms with Gasteiger partial charge in [-0.15, -0.1) is 11.3 Å². The van der Waals surface area contributed by atoms with Crippen LogP contribution in [0.15, 0.2) is 45.5 Å². The molecule has 140 valence electrons. The van der Waals surface area contributed by atoms with Gasteiger partial charge in [0.2, 0.25) is 10.0 Å². The zero-order valence-corrected chi connectivity index (χ0v) is 16.3. The molecule has 26 heavy (non-hydrogen) atoms. The van der Waals surface area contributed by atoms with Crippen LogP contribution in [-0.2, 0) is 16.7 Å². The van der Waals surface area contributed by atoms with Crippen LogP contribution in [0.4, 0.5) is 0 Å². The number of hydrogen-bond donors (Lipinski definition) is 1. The van der Waals surface area contributed by atoms with Crippen LogP contribution in [0, 0.1) is 0 Å². The molecule has 1 N–H and O–H groups in total. The molecule has 8 heteroatoms. The molecule has 0 amide bonds. The van der Waals surface area contributed by atoms with Crippen LogP contribution < -0.4 is 10.5 Å². The quantitative estimate of drug-likeness (QED) is 0.825. The van der Waals surface area contributed by atoms with Gasteiger partial charge in [-0.25, -0.2) is 8.42 Å². The highest BCUT2D eigenvalue weighted by Gasteiger charge is 2.32. The zero-order chi connectivity index (χ0) is 18.1. The molecule has 0 aromatic carbocycles. The van der Waals surface area contributed by atoms with E-state index in [0.29, 0.717) is 25.8 Å². The number of sulfonamides is 1. The average Bonchev–Trinajstić information content (AvgIpc) is 3.39. The molecule has 2 atom stereocenters. The van der Waals surface area contributed by atoms with E-state index in [9.17, 15) is 13.2 Å². The molecule has 2 fully saturated rings. The van der Waals surface area contributed by atoms with Crippen LogP contribution in [0.2, 0.25) is 0 Å². The lowest BCUT2D eigenvalue weighted by Gasteiger charge is -2.22. The van der Waals surface area contributed by atoms with Crippen molar-refractivity contribution >= 4 is 21.4 Å². The van der Waals surface area contributed by atoms with Crippen molar-refractivity contribution in [2.24, 2.45) is 0 Å². The predicted octanol–water partition coefficient (Wildman–Crippen LogP) is 1.07. The Hall–Kier alpha value is -1.48. The second-order valence-electron chi connectivity index (χ2n) is 7.06. The molecule has 1 unspecified atom stereocenters. The maximum atomic E-state index is 12.8. The maximum Gasteiger partial charge on any atom is 0.254 e. The summed E-state index contributed by atoms with van der Waals surface area (Å²) < 4.78 is 28.7. The van der Waals surface area contributed by atoms with Gasteiger partial charge < -0.3 is 4.90 Å². The number of nitrogens with zero attached hydrogens (tertiary/aromatic N) is 2. The molecule has 2 aromatic rings. The lowest BCUT2D eigenvalue weighted by molar-refractivity contribution is -0.940. The Morgan fingerprint density at radius 1 is 1.15 bits per heavy atom. The zero-order valence-electron chi connectivity index (χ0n) is 14.6. The summed E-state index contributed by atoms with van der Waals surface area (Å²) in [5.74, 6) is 0.